The average Bonchev–Trinajstić information content (AvgIpc) is 2.66. The molecule has 2 rings (SSSR count). The largest absolute Gasteiger partial charge is 0.444 e. The number of amides is 2. The maximum absolute atomic E-state index is 12.9. The SMILES string of the molecule is CC(C)[C@H](NC(=O)OC(C)(C)C)C(=O)Nc1ccc(Br)cc1C(=O)c1ccccn1. The highest BCUT2D eigenvalue weighted by molar-refractivity contribution is 9.10. The lowest BCUT2D eigenvalue weighted by Crippen LogP contribution is -2.48. The van der Waals surface area contributed by atoms with Crippen LogP contribution in [0, 0.1) is 5.92 Å². The second-order valence-electron chi connectivity index (χ2n) is 8.09. The Morgan fingerprint density at radius 2 is 1.80 bits per heavy atom. The number of ketones is 1. The van der Waals surface area contributed by atoms with Crippen molar-refractivity contribution in [3.63, 3.8) is 0 Å². The quantitative estimate of drug-likeness (QED) is 0.596. The standard InChI is InChI=1S/C22H26BrN3O4/c1-13(2)18(26-21(29)30-22(3,4)5)20(28)25-16-10-9-14(23)12-15(16)19(27)17-8-6-7-11-24-17/h6-13,18H,1-5H3,(H,25,28)(H,26,29)/t18-/m0/s1. The first-order valence-electron chi connectivity index (χ1n) is 9.53. The van der Waals surface area contributed by atoms with Gasteiger partial charge in [-0.2, -0.15) is 0 Å². The number of nitrogens with one attached hydrogen (secondary N) is 2. The average molecular weight is 476 g/mol. The van der Waals surface area contributed by atoms with Gasteiger partial charge < -0.3 is 15.4 Å². The molecule has 8 heteroatoms. The number of rotatable bonds is 6. The summed E-state index contributed by atoms with van der Waals surface area (Å²) >= 11 is 3.36. The molecule has 7 nitrogen and oxygen atoms in total. The number of ether oxygens (including phenoxy) is 1. The van der Waals surface area contributed by atoms with Crippen molar-refractivity contribution in [3.05, 3.63) is 58.3 Å². The molecular formula is C22H26BrN3O4. The number of alkyl carbamates (subject to hydrolysis) is 1. The Hall–Kier alpha value is -2.74. The van der Waals surface area contributed by atoms with Crippen molar-refractivity contribution in [2.24, 2.45) is 5.92 Å². The molecule has 0 saturated heterocycles. The van der Waals surface area contributed by atoms with Crippen LogP contribution in [0.1, 0.15) is 50.7 Å². The fraction of sp³-hybridized carbons (Fsp3) is 0.364. The third-order valence-electron chi connectivity index (χ3n) is 4.00. The normalized spacial score (nSPS) is 12.2. The van der Waals surface area contributed by atoms with Crippen LogP contribution in [-0.4, -0.2) is 34.4 Å². The van der Waals surface area contributed by atoms with E-state index in [1.807, 2.05) is 13.8 Å². The number of benzene rings is 1. The topological polar surface area (TPSA) is 97.4 Å². The summed E-state index contributed by atoms with van der Waals surface area (Å²) in [6.07, 6.45) is 0.847. The zero-order valence-electron chi connectivity index (χ0n) is 17.7. The van der Waals surface area contributed by atoms with Gasteiger partial charge in [0.25, 0.3) is 0 Å². The number of carbonyl (C=O) groups is 3. The number of anilines is 1. The third-order valence-corrected chi connectivity index (χ3v) is 4.50. The van der Waals surface area contributed by atoms with Crippen LogP contribution in [0.2, 0.25) is 0 Å². The summed E-state index contributed by atoms with van der Waals surface area (Å²) in [4.78, 5) is 42.1. The maximum atomic E-state index is 12.9. The second kappa shape index (κ2) is 9.84. The first kappa shape index (κ1) is 23.5. The van der Waals surface area contributed by atoms with Gasteiger partial charge in [0, 0.05) is 16.2 Å². The molecular weight excluding hydrogens is 450 g/mol. The van der Waals surface area contributed by atoms with Gasteiger partial charge in [0.15, 0.2) is 0 Å². The van der Waals surface area contributed by atoms with Gasteiger partial charge in [0.1, 0.15) is 17.3 Å². The highest BCUT2D eigenvalue weighted by Gasteiger charge is 2.28. The van der Waals surface area contributed by atoms with Crippen LogP contribution in [-0.2, 0) is 9.53 Å². The Labute approximate surface area is 184 Å². The van der Waals surface area contributed by atoms with E-state index in [2.05, 4.69) is 31.5 Å². The second-order valence-corrected chi connectivity index (χ2v) is 9.01. The minimum absolute atomic E-state index is 0.206. The van der Waals surface area contributed by atoms with Crippen LogP contribution in [0.25, 0.3) is 0 Å². The number of aromatic nitrogens is 1. The summed E-state index contributed by atoms with van der Waals surface area (Å²) in [5.74, 6) is -0.982. The van der Waals surface area contributed by atoms with E-state index in [9.17, 15) is 14.4 Å². The Kier molecular flexibility index (Phi) is 7.72. The van der Waals surface area contributed by atoms with Gasteiger partial charge in [-0.25, -0.2) is 4.79 Å². The fourth-order valence-electron chi connectivity index (χ4n) is 2.63. The molecule has 30 heavy (non-hydrogen) atoms. The molecule has 1 atom stereocenters. The van der Waals surface area contributed by atoms with Gasteiger partial charge >= 0.3 is 6.09 Å². The van der Waals surface area contributed by atoms with E-state index in [-0.39, 0.29) is 23.0 Å². The fourth-order valence-corrected chi connectivity index (χ4v) is 2.99. The lowest BCUT2D eigenvalue weighted by molar-refractivity contribution is -0.119. The van der Waals surface area contributed by atoms with Gasteiger partial charge in [0.2, 0.25) is 11.7 Å². The molecule has 2 N–H and O–H groups in total. The molecule has 160 valence electrons. The van der Waals surface area contributed by atoms with E-state index < -0.39 is 23.6 Å². The molecule has 1 aromatic carbocycles. The molecule has 0 radical (unpaired) electrons. The smallest absolute Gasteiger partial charge is 0.408 e. The van der Waals surface area contributed by atoms with Gasteiger partial charge in [-0.15, -0.1) is 0 Å². The van der Waals surface area contributed by atoms with Crippen molar-refractivity contribution in [1.29, 1.82) is 0 Å². The van der Waals surface area contributed by atoms with Crippen molar-refractivity contribution >= 4 is 39.4 Å². The summed E-state index contributed by atoms with van der Waals surface area (Å²) in [5.41, 5.74) is 0.195. The Balaban J connectivity index is 2.26. The zero-order chi connectivity index (χ0) is 22.5. The van der Waals surface area contributed by atoms with Gasteiger partial charge in [-0.05, 0) is 57.0 Å². The van der Waals surface area contributed by atoms with E-state index in [4.69, 9.17) is 4.74 Å². The van der Waals surface area contributed by atoms with Crippen molar-refractivity contribution in [3.8, 4) is 0 Å². The Morgan fingerprint density at radius 1 is 1.10 bits per heavy atom. The van der Waals surface area contributed by atoms with E-state index >= 15 is 0 Å². The summed E-state index contributed by atoms with van der Waals surface area (Å²) in [5, 5.41) is 5.36. The summed E-state index contributed by atoms with van der Waals surface area (Å²) in [6, 6.07) is 9.17. The summed E-state index contributed by atoms with van der Waals surface area (Å²) in [6.45, 7) is 8.85. The molecule has 0 bridgehead atoms. The van der Waals surface area contributed by atoms with E-state index in [0.29, 0.717) is 10.2 Å². The minimum Gasteiger partial charge on any atom is -0.444 e. The molecule has 0 unspecified atom stereocenters. The monoisotopic (exact) mass is 475 g/mol. The van der Waals surface area contributed by atoms with E-state index in [1.165, 1.54) is 6.20 Å². The molecule has 0 spiro atoms. The molecule has 1 aromatic heterocycles. The van der Waals surface area contributed by atoms with Crippen molar-refractivity contribution in [2.75, 3.05) is 5.32 Å². The maximum Gasteiger partial charge on any atom is 0.408 e. The van der Waals surface area contributed by atoms with Gasteiger partial charge in [-0.1, -0.05) is 35.8 Å². The van der Waals surface area contributed by atoms with Crippen LogP contribution in [0.5, 0.6) is 0 Å². The highest BCUT2D eigenvalue weighted by atomic mass is 79.9. The van der Waals surface area contributed by atoms with Crippen LogP contribution in [0.15, 0.2) is 47.1 Å². The zero-order valence-corrected chi connectivity index (χ0v) is 19.2. The van der Waals surface area contributed by atoms with E-state index in [0.717, 1.165) is 0 Å². The lowest BCUT2D eigenvalue weighted by Gasteiger charge is -2.25. The number of halogens is 1. The van der Waals surface area contributed by atoms with Crippen LogP contribution < -0.4 is 10.6 Å². The molecule has 2 amide bonds. The molecule has 0 aliphatic heterocycles. The molecule has 0 aliphatic rings. The van der Waals surface area contributed by atoms with Crippen LogP contribution in [0.4, 0.5) is 10.5 Å². The molecule has 0 fully saturated rings. The predicted molar refractivity (Wildman–Crippen MR) is 118 cm³/mol. The number of pyridine rings is 1. The first-order chi connectivity index (χ1) is 14.0. The summed E-state index contributed by atoms with van der Waals surface area (Å²) < 4.78 is 5.94. The molecule has 1 heterocycles. The highest BCUT2D eigenvalue weighted by Crippen LogP contribution is 2.24. The molecule has 0 aliphatic carbocycles. The van der Waals surface area contributed by atoms with Crippen molar-refractivity contribution < 1.29 is 19.1 Å². The van der Waals surface area contributed by atoms with Crippen LogP contribution in [0.3, 0.4) is 0 Å². The minimum atomic E-state index is -0.846. The van der Waals surface area contributed by atoms with Crippen molar-refractivity contribution in [1.82, 2.24) is 10.3 Å². The van der Waals surface area contributed by atoms with Gasteiger partial charge in [-0.3, -0.25) is 14.6 Å². The van der Waals surface area contributed by atoms with Crippen LogP contribution >= 0.6 is 15.9 Å². The Morgan fingerprint density at radius 3 is 2.37 bits per heavy atom. The predicted octanol–water partition coefficient (Wildman–Crippen LogP) is 4.56. The van der Waals surface area contributed by atoms with Crippen molar-refractivity contribution in [2.45, 2.75) is 46.3 Å². The summed E-state index contributed by atoms with van der Waals surface area (Å²) in [7, 11) is 0. The lowest BCUT2D eigenvalue weighted by atomic mass is 10.0. The number of hydrogen-bond donors (Lipinski definition) is 2. The molecule has 2 aromatic rings. The van der Waals surface area contributed by atoms with Gasteiger partial charge in [0.05, 0.1) is 5.69 Å². The number of hydrogen-bond acceptors (Lipinski definition) is 5. The Bertz CT molecular complexity index is 924. The number of carbonyl (C=O) groups excluding carboxylic acids is 3. The third kappa shape index (κ3) is 6.66. The van der Waals surface area contributed by atoms with E-state index in [1.54, 1.807) is 57.2 Å². The molecule has 0 saturated carbocycles. The first-order valence-corrected chi connectivity index (χ1v) is 10.3. The number of nitrogens with zero attached hydrogens (tertiary/aromatic N) is 1.